The number of amides is 1. The summed E-state index contributed by atoms with van der Waals surface area (Å²) < 4.78 is 0. The summed E-state index contributed by atoms with van der Waals surface area (Å²) in [5.74, 6) is 0.254. The summed E-state index contributed by atoms with van der Waals surface area (Å²) in [5.41, 5.74) is 0.282. The number of nitrogens with one attached hydrogen (secondary N) is 2. The van der Waals surface area contributed by atoms with Crippen LogP contribution in [0.15, 0.2) is 30.3 Å². The predicted molar refractivity (Wildman–Crippen MR) is 71.9 cm³/mol. The number of nitro groups is 1. The van der Waals surface area contributed by atoms with Crippen LogP contribution in [-0.2, 0) is 4.79 Å². The molecule has 0 saturated carbocycles. The standard InChI is InChI=1S/C12H11N5O3/c1-8-13-12(16-15-8)14-11(18)7-6-9-4-2-3-5-10(9)17(19)20/h2-7H,1H3,(H2,13,14,15,16,18). The first-order chi connectivity index (χ1) is 9.56. The fourth-order valence-corrected chi connectivity index (χ4v) is 1.51. The lowest BCUT2D eigenvalue weighted by Gasteiger charge is -1.97. The number of hydrogen-bond acceptors (Lipinski definition) is 5. The Morgan fingerprint density at radius 3 is 2.85 bits per heavy atom. The smallest absolute Gasteiger partial charge is 0.276 e. The maximum absolute atomic E-state index is 11.6. The van der Waals surface area contributed by atoms with E-state index >= 15 is 0 Å². The second-order valence-corrected chi connectivity index (χ2v) is 3.88. The molecule has 0 atom stereocenters. The Balaban J connectivity index is 2.09. The first-order valence-electron chi connectivity index (χ1n) is 5.68. The zero-order chi connectivity index (χ0) is 14.5. The maximum Gasteiger partial charge on any atom is 0.276 e. The van der Waals surface area contributed by atoms with Crippen molar-refractivity contribution in [3.05, 3.63) is 51.8 Å². The summed E-state index contributed by atoms with van der Waals surface area (Å²) in [6.07, 6.45) is 2.56. The van der Waals surface area contributed by atoms with E-state index in [1.165, 1.54) is 18.2 Å². The summed E-state index contributed by atoms with van der Waals surface area (Å²) >= 11 is 0. The van der Waals surface area contributed by atoms with Crippen LogP contribution >= 0.6 is 0 Å². The van der Waals surface area contributed by atoms with Crippen molar-refractivity contribution in [1.29, 1.82) is 0 Å². The van der Waals surface area contributed by atoms with Crippen molar-refractivity contribution in [1.82, 2.24) is 15.2 Å². The molecule has 0 unspecified atom stereocenters. The minimum atomic E-state index is -0.504. The van der Waals surface area contributed by atoms with Crippen LogP contribution in [0.25, 0.3) is 6.08 Å². The average Bonchev–Trinajstić information content (AvgIpc) is 2.82. The Labute approximate surface area is 113 Å². The third-order valence-electron chi connectivity index (χ3n) is 2.38. The molecule has 102 valence electrons. The van der Waals surface area contributed by atoms with Crippen LogP contribution in [0.3, 0.4) is 0 Å². The molecule has 2 aromatic rings. The first kappa shape index (κ1) is 13.4. The number of H-pyrrole nitrogens is 1. The number of carbonyl (C=O) groups is 1. The summed E-state index contributed by atoms with van der Waals surface area (Å²) in [6.45, 7) is 1.70. The van der Waals surface area contributed by atoms with E-state index in [0.29, 0.717) is 11.4 Å². The van der Waals surface area contributed by atoms with Crippen LogP contribution < -0.4 is 5.32 Å². The van der Waals surface area contributed by atoms with Gasteiger partial charge in [0.15, 0.2) is 0 Å². The zero-order valence-electron chi connectivity index (χ0n) is 10.5. The highest BCUT2D eigenvalue weighted by molar-refractivity contribution is 6.01. The lowest BCUT2D eigenvalue weighted by molar-refractivity contribution is -0.385. The van der Waals surface area contributed by atoms with E-state index in [1.54, 1.807) is 25.1 Å². The highest BCUT2D eigenvalue weighted by Gasteiger charge is 2.10. The second kappa shape index (κ2) is 5.74. The van der Waals surface area contributed by atoms with Gasteiger partial charge in [-0.3, -0.25) is 25.3 Å². The molecule has 0 aliphatic rings. The lowest BCUT2D eigenvalue weighted by atomic mass is 10.1. The number of aromatic amines is 1. The molecule has 0 radical (unpaired) electrons. The van der Waals surface area contributed by atoms with E-state index in [2.05, 4.69) is 20.5 Å². The molecule has 1 heterocycles. The maximum atomic E-state index is 11.6. The van der Waals surface area contributed by atoms with Crippen molar-refractivity contribution in [2.24, 2.45) is 0 Å². The normalized spacial score (nSPS) is 10.7. The van der Waals surface area contributed by atoms with E-state index < -0.39 is 10.8 Å². The van der Waals surface area contributed by atoms with Gasteiger partial charge in [0, 0.05) is 12.1 Å². The van der Waals surface area contributed by atoms with Gasteiger partial charge in [-0.05, 0) is 19.1 Å². The summed E-state index contributed by atoms with van der Waals surface area (Å²) in [5, 5.41) is 19.6. The largest absolute Gasteiger partial charge is 0.290 e. The fraction of sp³-hybridized carbons (Fsp3) is 0.0833. The van der Waals surface area contributed by atoms with Crippen LogP contribution in [0.1, 0.15) is 11.4 Å². The number of benzene rings is 1. The van der Waals surface area contributed by atoms with Gasteiger partial charge in [0.05, 0.1) is 10.5 Å². The molecule has 1 amide bonds. The van der Waals surface area contributed by atoms with Gasteiger partial charge in [0.1, 0.15) is 5.82 Å². The quantitative estimate of drug-likeness (QED) is 0.499. The van der Waals surface area contributed by atoms with Crippen LogP contribution in [0, 0.1) is 17.0 Å². The van der Waals surface area contributed by atoms with Crippen molar-refractivity contribution < 1.29 is 9.72 Å². The van der Waals surface area contributed by atoms with Crippen molar-refractivity contribution in [2.75, 3.05) is 5.32 Å². The van der Waals surface area contributed by atoms with E-state index in [1.807, 2.05) is 0 Å². The molecule has 2 N–H and O–H groups in total. The van der Waals surface area contributed by atoms with Crippen molar-refractivity contribution in [2.45, 2.75) is 6.92 Å². The number of para-hydroxylation sites is 1. The molecule has 0 bridgehead atoms. The monoisotopic (exact) mass is 273 g/mol. The number of nitrogens with zero attached hydrogens (tertiary/aromatic N) is 3. The summed E-state index contributed by atoms with van der Waals surface area (Å²) in [6, 6.07) is 6.14. The number of carbonyl (C=O) groups excluding carboxylic acids is 1. The van der Waals surface area contributed by atoms with E-state index in [9.17, 15) is 14.9 Å². The zero-order valence-corrected chi connectivity index (χ0v) is 10.5. The molecular formula is C12H11N5O3. The van der Waals surface area contributed by atoms with E-state index in [4.69, 9.17) is 0 Å². The molecule has 8 heteroatoms. The Morgan fingerprint density at radius 2 is 2.20 bits per heavy atom. The van der Waals surface area contributed by atoms with Gasteiger partial charge in [-0.2, -0.15) is 4.98 Å². The predicted octanol–water partition coefficient (Wildman–Crippen LogP) is 1.67. The van der Waals surface area contributed by atoms with Gasteiger partial charge >= 0.3 is 0 Å². The average molecular weight is 273 g/mol. The van der Waals surface area contributed by atoms with Crippen molar-refractivity contribution >= 4 is 23.6 Å². The Morgan fingerprint density at radius 1 is 1.45 bits per heavy atom. The molecular weight excluding hydrogens is 262 g/mol. The third-order valence-corrected chi connectivity index (χ3v) is 2.38. The van der Waals surface area contributed by atoms with Crippen molar-refractivity contribution in [3.63, 3.8) is 0 Å². The molecule has 1 aromatic heterocycles. The summed E-state index contributed by atoms with van der Waals surface area (Å²) in [7, 11) is 0. The molecule has 1 aromatic carbocycles. The fourth-order valence-electron chi connectivity index (χ4n) is 1.51. The van der Waals surface area contributed by atoms with Gasteiger partial charge < -0.3 is 0 Å². The molecule has 0 aliphatic heterocycles. The third kappa shape index (κ3) is 3.25. The molecule has 0 spiro atoms. The van der Waals surface area contributed by atoms with Crippen LogP contribution in [0.4, 0.5) is 11.6 Å². The Bertz CT molecular complexity index is 677. The van der Waals surface area contributed by atoms with Crippen LogP contribution in [-0.4, -0.2) is 26.0 Å². The SMILES string of the molecule is Cc1nc(NC(=O)C=Cc2ccccc2[N+](=O)[O-])n[nH]1. The van der Waals surface area contributed by atoms with Crippen LogP contribution in [0.2, 0.25) is 0 Å². The number of rotatable bonds is 4. The number of anilines is 1. The molecule has 2 rings (SSSR count). The molecule has 0 saturated heterocycles. The topological polar surface area (TPSA) is 114 Å². The van der Waals surface area contributed by atoms with Crippen molar-refractivity contribution in [3.8, 4) is 0 Å². The van der Waals surface area contributed by atoms with Crippen LogP contribution in [0.5, 0.6) is 0 Å². The van der Waals surface area contributed by atoms with E-state index in [-0.39, 0.29) is 11.6 Å². The van der Waals surface area contributed by atoms with Gasteiger partial charge in [0.2, 0.25) is 5.95 Å². The number of aryl methyl sites for hydroxylation is 1. The Kier molecular flexibility index (Phi) is 3.85. The van der Waals surface area contributed by atoms with Gasteiger partial charge in [0.25, 0.3) is 11.6 Å². The first-order valence-corrected chi connectivity index (χ1v) is 5.68. The number of nitro benzene ring substituents is 1. The Hall–Kier alpha value is -3.03. The lowest BCUT2D eigenvalue weighted by Crippen LogP contribution is -2.09. The van der Waals surface area contributed by atoms with Gasteiger partial charge in [-0.25, -0.2) is 0 Å². The molecule has 0 aliphatic carbocycles. The highest BCUT2D eigenvalue weighted by atomic mass is 16.6. The molecule has 20 heavy (non-hydrogen) atoms. The number of aromatic nitrogens is 3. The van der Waals surface area contributed by atoms with E-state index in [0.717, 1.165) is 0 Å². The van der Waals surface area contributed by atoms with Gasteiger partial charge in [-0.15, -0.1) is 5.10 Å². The minimum absolute atomic E-state index is 0.0645. The minimum Gasteiger partial charge on any atom is -0.290 e. The highest BCUT2D eigenvalue weighted by Crippen LogP contribution is 2.18. The molecule has 8 nitrogen and oxygen atoms in total. The number of hydrogen-bond donors (Lipinski definition) is 2. The summed E-state index contributed by atoms with van der Waals surface area (Å²) in [4.78, 5) is 25.8. The van der Waals surface area contributed by atoms with Gasteiger partial charge in [-0.1, -0.05) is 12.1 Å². The second-order valence-electron chi connectivity index (χ2n) is 3.88. The molecule has 0 fully saturated rings.